The molecule has 0 radical (unpaired) electrons. The first-order valence-electron chi connectivity index (χ1n) is 8.32. The number of anilines is 1. The van der Waals surface area contributed by atoms with Crippen molar-refractivity contribution in [3.63, 3.8) is 0 Å². The lowest BCUT2D eigenvalue weighted by Gasteiger charge is -2.28. The van der Waals surface area contributed by atoms with E-state index < -0.39 is 15.9 Å². The van der Waals surface area contributed by atoms with Gasteiger partial charge in [-0.1, -0.05) is 89.4 Å². The van der Waals surface area contributed by atoms with Crippen LogP contribution in [0.1, 0.15) is 10.4 Å². The molecule has 28 heavy (non-hydrogen) atoms. The highest BCUT2D eigenvalue weighted by Crippen LogP contribution is 2.29. The molecule has 0 aliphatic carbocycles. The molecule has 3 N–H and O–H groups in total. The molecule has 0 saturated heterocycles. The highest BCUT2D eigenvalue weighted by atomic mass is 35.6. The molecule has 3 aromatic carbocycles. The average Bonchev–Trinajstić information content (AvgIpc) is 2.67. The van der Waals surface area contributed by atoms with Crippen molar-refractivity contribution in [2.24, 2.45) is 0 Å². The van der Waals surface area contributed by atoms with E-state index in [9.17, 15) is 4.79 Å². The fourth-order valence-corrected chi connectivity index (χ4v) is 3.18. The van der Waals surface area contributed by atoms with Gasteiger partial charge in [-0.2, -0.15) is 0 Å². The van der Waals surface area contributed by atoms with Gasteiger partial charge in [0.05, 0.1) is 0 Å². The minimum Gasteiger partial charge on any atom is -0.339 e. The van der Waals surface area contributed by atoms with Gasteiger partial charge in [-0.3, -0.25) is 4.79 Å². The van der Waals surface area contributed by atoms with E-state index in [0.717, 1.165) is 16.5 Å². The predicted octanol–water partition coefficient (Wildman–Crippen LogP) is 5.25. The Morgan fingerprint density at radius 1 is 0.857 bits per heavy atom. The maximum absolute atomic E-state index is 12.4. The number of hydrogen-bond acceptors (Lipinski definition) is 2. The molecule has 4 nitrogen and oxygen atoms in total. The summed E-state index contributed by atoms with van der Waals surface area (Å²) >= 11 is 23.5. The highest BCUT2D eigenvalue weighted by Gasteiger charge is 2.34. The van der Waals surface area contributed by atoms with Crippen LogP contribution in [0, 0.1) is 0 Å². The van der Waals surface area contributed by atoms with Gasteiger partial charge in [-0.05, 0) is 35.8 Å². The number of carbonyl (C=O) groups is 1. The van der Waals surface area contributed by atoms with Crippen LogP contribution in [0.5, 0.6) is 0 Å². The van der Waals surface area contributed by atoms with Crippen LogP contribution in [0.15, 0.2) is 72.8 Å². The Balaban J connectivity index is 1.74. The number of carbonyl (C=O) groups excluding carboxylic acids is 1. The molecule has 0 saturated carbocycles. The molecule has 3 aromatic rings. The second-order valence-electron chi connectivity index (χ2n) is 5.94. The Hall–Kier alpha value is -2.05. The van der Waals surface area contributed by atoms with Crippen molar-refractivity contribution in [2.45, 2.75) is 9.96 Å². The Labute approximate surface area is 183 Å². The number of halogens is 3. The van der Waals surface area contributed by atoms with Gasteiger partial charge >= 0.3 is 0 Å². The van der Waals surface area contributed by atoms with E-state index in [4.69, 9.17) is 47.0 Å². The molecule has 1 atom stereocenters. The standard InChI is InChI=1S/C20H16Cl3N3OS/c21-20(22,23)18(25-17(27)14-8-2-1-3-9-14)26-19(28)24-16-12-6-10-13-7-4-5-11-15(13)16/h1-12,18H,(H,25,27)(H2,24,26,28)/t18-/m0/s1. The van der Waals surface area contributed by atoms with Gasteiger partial charge in [0.15, 0.2) is 5.11 Å². The summed E-state index contributed by atoms with van der Waals surface area (Å²) in [6.45, 7) is 0. The molecule has 0 unspecified atom stereocenters. The van der Waals surface area contributed by atoms with Crippen LogP contribution < -0.4 is 16.0 Å². The van der Waals surface area contributed by atoms with Crippen molar-refractivity contribution in [1.82, 2.24) is 10.6 Å². The number of hydrogen-bond donors (Lipinski definition) is 3. The molecule has 0 bridgehead atoms. The van der Waals surface area contributed by atoms with Gasteiger partial charge in [0.2, 0.25) is 3.79 Å². The van der Waals surface area contributed by atoms with Crippen molar-refractivity contribution < 1.29 is 4.79 Å². The maximum atomic E-state index is 12.4. The first kappa shape index (κ1) is 20.7. The summed E-state index contributed by atoms with van der Waals surface area (Å²) < 4.78 is -1.82. The SMILES string of the molecule is O=C(N[C@@H](NC(=S)Nc1cccc2ccccc12)C(Cl)(Cl)Cl)c1ccccc1. The summed E-state index contributed by atoms with van der Waals surface area (Å²) in [6.07, 6.45) is -1.04. The van der Waals surface area contributed by atoms with Crippen LogP contribution >= 0.6 is 47.0 Å². The van der Waals surface area contributed by atoms with Crippen LogP contribution in [0.3, 0.4) is 0 Å². The van der Waals surface area contributed by atoms with Gasteiger partial charge in [-0.25, -0.2) is 0 Å². The van der Waals surface area contributed by atoms with E-state index >= 15 is 0 Å². The number of thiocarbonyl (C=S) groups is 1. The number of amides is 1. The van der Waals surface area contributed by atoms with E-state index in [0.29, 0.717) is 5.56 Å². The zero-order chi connectivity index (χ0) is 20.1. The van der Waals surface area contributed by atoms with E-state index in [-0.39, 0.29) is 5.11 Å². The van der Waals surface area contributed by atoms with Gasteiger partial charge in [0.25, 0.3) is 5.91 Å². The van der Waals surface area contributed by atoms with E-state index in [1.165, 1.54) is 0 Å². The largest absolute Gasteiger partial charge is 0.339 e. The molecule has 3 rings (SSSR count). The van der Waals surface area contributed by atoms with Crippen molar-refractivity contribution in [3.05, 3.63) is 78.4 Å². The van der Waals surface area contributed by atoms with Crippen molar-refractivity contribution in [3.8, 4) is 0 Å². The van der Waals surface area contributed by atoms with E-state index in [2.05, 4.69) is 16.0 Å². The number of fused-ring (bicyclic) bond motifs is 1. The smallest absolute Gasteiger partial charge is 0.252 e. The molecule has 0 aliphatic rings. The number of alkyl halides is 3. The molecule has 0 aliphatic heterocycles. The third-order valence-electron chi connectivity index (χ3n) is 3.95. The highest BCUT2D eigenvalue weighted by molar-refractivity contribution is 7.80. The Morgan fingerprint density at radius 2 is 1.50 bits per heavy atom. The third kappa shape index (κ3) is 5.26. The van der Waals surface area contributed by atoms with Crippen LogP contribution in [-0.4, -0.2) is 21.0 Å². The van der Waals surface area contributed by atoms with E-state index in [1.54, 1.807) is 24.3 Å². The molecular formula is C20H16Cl3N3OS. The maximum Gasteiger partial charge on any atom is 0.252 e. The quantitative estimate of drug-likeness (QED) is 0.287. The van der Waals surface area contributed by atoms with Gasteiger partial charge in [-0.15, -0.1) is 0 Å². The van der Waals surface area contributed by atoms with Gasteiger partial charge in [0, 0.05) is 16.6 Å². The zero-order valence-electron chi connectivity index (χ0n) is 14.5. The first-order valence-corrected chi connectivity index (χ1v) is 9.87. The lowest BCUT2D eigenvalue weighted by Crippen LogP contribution is -2.56. The molecule has 1 amide bonds. The average molecular weight is 453 g/mol. The number of rotatable bonds is 4. The fraction of sp³-hybridized carbons (Fsp3) is 0.100. The number of benzene rings is 3. The van der Waals surface area contributed by atoms with Crippen molar-refractivity contribution in [1.29, 1.82) is 0 Å². The summed E-state index contributed by atoms with van der Waals surface area (Å²) in [5, 5.41) is 10.9. The normalized spacial score (nSPS) is 12.2. The zero-order valence-corrected chi connectivity index (χ0v) is 17.5. The predicted molar refractivity (Wildman–Crippen MR) is 121 cm³/mol. The van der Waals surface area contributed by atoms with Crippen molar-refractivity contribution >= 4 is 74.5 Å². The number of nitrogens with one attached hydrogen (secondary N) is 3. The minimum atomic E-state index is -1.82. The summed E-state index contributed by atoms with van der Waals surface area (Å²) in [4.78, 5) is 12.4. The van der Waals surface area contributed by atoms with Crippen LogP contribution in [0.2, 0.25) is 0 Å². The van der Waals surface area contributed by atoms with Gasteiger partial charge in [0.1, 0.15) is 6.17 Å². The third-order valence-corrected chi connectivity index (χ3v) is 4.83. The molecule has 0 fully saturated rings. The lowest BCUT2D eigenvalue weighted by atomic mass is 10.1. The van der Waals surface area contributed by atoms with E-state index in [1.807, 2.05) is 48.5 Å². The summed E-state index contributed by atoms with van der Waals surface area (Å²) in [6, 6.07) is 22.3. The molecule has 144 valence electrons. The van der Waals surface area contributed by atoms with Gasteiger partial charge < -0.3 is 16.0 Å². The minimum absolute atomic E-state index is 0.209. The topological polar surface area (TPSA) is 53.2 Å². The Morgan fingerprint density at radius 3 is 2.21 bits per heavy atom. The molecule has 0 heterocycles. The summed E-state index contributed by atoms with van der Waals surface area (Å²) in [5.74, 6) is -0.391. The molecule has 0 aromatic heterocycles. The first-order chi connectivity index (χ1) is 13.3. The Bertz CT molecular complexity index is 987. The summed E-state index contributed by atoms with van der Waals surface area (Å²) in [5.41, 5.74) is 1.24. The fourth-order valence-electron chi connectivity index (χ4n) is 2.63. The Kier molecular flexibility index (Phi) is 6.62. The molecule has 8 heteroatoms. The monoisotopic (exact) mass is 451 g/mol. The summed E-state index contributed by atoms with van der Waals surface area (Å²) in [7, 11) is 0. The lowest BCUT2D eigenvalue weighted by molar-refractivity contribution is 0.0934. The van der Waals surface area contributed by atoms with Crippen molar-refractivity contribution in [2.75, 3.05) is 5.32 Å². The van der Waals surface area contributed by atoms with Crippen LogP contribution in [-0.2, 0) is 0 Å². The second-order valence-corrected chi connectivity index (χ2v) is 8.72. The second kappa shape index (κ2) is 8.97. The van der Waals surface area contributed by atoms with Crippen LogP contribution in [0.4, 0.5) is 5.69 Å². The molecule has 0 spiro atoms. The molecular weight excluding hydrogens is 437 g/mol. The van der Waals surface area contributed by atoms with Crippen LogP contribution in [0.25, 0.3) is 10.8 Å².